The Morgan fingerprint density at radius 2 is 1.57 bits per heavy atom. The zero-order chi connectivity index (χ0) is 30.8. The molecule has 2 aromatic carbocycles. The van der Waals surface area contributed by atoms with Crippen molar-refractivity contribution >= 4 is 33.6 Å². The van der Waals surface area contributed by atoms with Gasteiger partial charge in [0.15, 0.2) is 0 Å². The van der Waals surface area contributed by atoms with E-state index in [9.17, 15) is 22.8 Å². The first-order valence-corrected chi connectivity index (χ1v) is 16.9. The number of carbonyl (C=O) groups excluding carboxylic acids is 3. The predicted molar refractivity (Wildman–Crippen MR) is 165 cm³/mol. The molecular weight excluding hydrogens is 580 g/mol. The summed E-state index contributed by atoms with van der Waals surface area (Å²) in [6, 6.07) is 14.7. The smallest absolute Gasteiger partial charge is 0.410 e. The summed E-state index contributed by atoms with van der Waals surface area (Å²) in [5.41, 5.74) is 1.28. The maximum Gasteiger partial charge on any atom is 0.410 e. The fourth-order valence-electron chi connectivity index (χ4n) is 7.93. The van der Waals surface area contributed by atoms with E-state index in [1.807, 2.05) is 30.3 Å². The van der Waals surface area contributed by atoms with Crippen LogP contribution in [0.3, 0.4) is 0 Å². The molecule has 2 N–H and O–H groups in total. The van der Waals surface area contributed by atoms with E-state index in [2.05, 4.69) is 17.2 Å². The van der Waals surface area contributed by atoms with E-state index in [4.69, 9.17) is 4.74 Å². The lowest BCUT2D eigenvalue weighted by atomic mass is 9.54. The number of rotatable bonds is 9. The molecule has 0 radical (unpaired) electrons. The highest BCUT2D eigenvalue weighted by molar-refractivity contribution is 7.89. The number of hydrogen-bond donors (Lipinski definition) is 2. The van der Waals surface area contributed by atoms with Gasteiger partial charge in [0.2, 0.25) is 21.8 Å². The summed E-state index contributed by atoms with van der Waals surface area (Å²) < 4.78 is 34.3. The summed E-state index contributed by atoms with van der Waals surface area (Å²) in [6.45, 7) is 3.62. The second-order valence-electron chi connectivity index (χ2n) is 12.7. The molecule has 10 nitrogen and oxygen atoms in total. The van der Waals surface area contributed by atoms with Gasteiger partial charge in [0.1, 0.15) is 6.61 Å². The number of amides is 3. The number of benzene rings is 2. The van der Waals surface area contributed by atoms with Gasteiger partial charge in [-0.2, -0.15) is 4.31 Å². The largest absolute Gasteiger partial charge is 0.445 e. The first-order chi connectivity index (χ1) is 21.2. The van der Waals surface area contributed by atoms with Gasteiger partial charge < -0.3 is 20.3 Å². The average molecular weight is 621 g/mol. The normalized spacial score (nSPS) is 27.9. The van der Waals surface area contributed by atoms with E-state index < -0.39 is 28.1 Å². The average Bonchev–Trinajstić information content (AvgIpc) is 3.02. The summed E-state index contributed by atoms with van der Waals surface area (Å²) in [6.07, 6.45) is 6.55. The quantitative estimate of drug-likeness (QED) is 0.406. The molecule has 1 aliphatic heterocycles. The van der Waals surface area contributed by atoms with Crippen LogP contribution in [0.25, 0.3) is 0 Å². The van der Waals surface area contributed by atoms with Gasteiger partial charge in [0.05, 0.1) is 10.9 Å². The number of anilines is 1. The Balaban J connectivity index is 1.16. The topological polar surface area (TPSA) is 125 Å². The van der Waals surface area contributed by atoms with Gasteiger partial charge in [-0.3, -0.25) is 9.59 Å². The molecular formula is C33H40N4O6S. The third-order valence-corrected chi connectivity index (χ3v) is 11.7. The molecule has 4 aliphatic carbocycles. The molecule has 2 aromatic rings. The molecule has 5 aliphatic rings. The minimum atomic E-state index is -3.94. The molecule has 0 spiro atoms. The van der Waals surface area contributed by atoms with Crippen molar-refractivity contribution < 1.29 is 27.5 Å². The van der Waals surface area contributed by atoms with Gasteiger partial charge in [-0.25, -0.2) is 13.2 Å². The lowest BCUT2D eigenvalue weighted by Crippen LogP contribution is -2.59. The Labute approximate surface area is 258 Å². The standard InChI is InChI=1S/C33H40N4O6S/c1-2-30(38)34-27-8-10-29(11-9-27)44(41,42)36-12-13-37(33(40)43-21-22-6-4-3-5-7-22)28(20-36)19-31(39)35-32-25-15-23-14-24(17-25)18-26(32)16-23/h2-11,23-26,28,32H,1,12-21H2,(H,34,38)(H,35,39). The van der Waals surface area contributed by atoms with E-state index in [-0.39, 0.29) is 49.5 Å². The minimum Gasteiger partial charge on any atom is -0.445 e. The Morgan fingerprint density at radius 1 is 0.909 bits per heavy atom. The van der Waals surface area contributed by atoms with Crippen LogP contribution in [0.1, 0.15) is 44.1 Å². The fourth-order valence-corrected chi connectivity index (χ4v) is 9.40. The van der Waals surface area contributed by atoms with Crippen LogP contribution in [-0.4, -0.2) is 67.2 Å². The van der Waals surface area contributed by atoms with E-state index in [0.29, 0.717) is 17.5 Å². The number of nitrogens with zero attached hydrogens (tertiary/aromatic N) is 2. The van der Waals surface area contributed by atoms with E-state index in [1.54, 1.807) is 0 Å². The maximum absolute atomic E-state index is 13.7. The Morgan fingerprint density at radius 3 is 2.20 bits per heavy atom. The number of hydrogen-bond acceptors (Lipinski definition) is 6. The third kappa shape index (κ3) is 6.53. The van der Waals surface area contributed by atoms with Crippen molar-refractivity contribution in [3.05, 3.63) is 72.8 Å². The summed E-state index contributed by atoms with van der Waals surface area (Å²) >= 11 is 0. The summed E-state index contributed by atoms with van der Waals surface area (Å²) in [5.74, 6) is 2.02. The van der Waals surface area contributed by atoms with E-state index in [1.165, 1.54) is 65.6 Å². The molecule has 44 heavy (non-hydrogen) atoms. The van der Waals surface area contributed by atoms with Crippen LogP contribution in [0.4, 0.5) is 10.5 Å². The molecule has 7 rings (SSSR count). The molecule has 1 saturated heterocycles. The molecule has 4 saturated carbocycles. The number of carbonyl (C=O) groups is 3. The maximum atomic E-state index is 13.7. The lowest BCUT2D eigenvalue weighted by Gasteiger charge is -2.54. The van der Waals surface area contributed by atoms with Crippen molar-refractivity contribution in [2.75, 3.05) is 25.0 Å². The Hall–Kier alpha value is -3.70. The van der Waals surface area contributed by atoms with Crippen molar-refractivity contribution in [3.63, 3.8) is 0 Å². The molecule has 4 bridgehead atoms. The minimum absolute atomic E-state index is 0.0121. The Kier molecular flexibility index (Phi) is 8.77. The number of piperazine rings is 1. The third-order valence-electron chi connectivity index (χ3n) is 9.81. The van der Waals surface area contributed by atoms with Crippen LogP contribution in [0.5, 0.6) is 0 Å². The van der Waals surface area contributed by atoms with E-state index >= 15 is 0 Å². The van der Waals surface area contributed by atoms with Gasteiger partial charge in [-0.1, -0.05) is 36.9 Å². The van der Waals surface area contributed by atoms with Gasteiger partial charge >= 0.3 is 6.09 Å². The van der Waals surface area contributed by atoms with Crippen molar-refractivity contribution in [3.8, 4) is 0 Å². The highest BCUT2D eigenvalue weighted by Gasteiger charge is 2.49. The first kappa shape index (κ1) is 30.3. The summed E-state index contributed by atoms with van der Waals surface area (Å²) in [4.78, 5) is 40.0. The number of sulfonamides is 1. The van der Waals surface area contributed by atoms with Crippen LogP contribution in [-0.2, 0) is 31.0 Å². The summed E-state index contributed by atoms with van der Waals surface area (Å²) in [5, 5.41) is 5.92. The zero-order valence-electron chi connectivity index (χ0n) is 24.8. The SMILES string of the molecule is C=CC(=O)Nc1ccc(S(=O)(=O)N2CCN(C(=O)OCc3ccccc3)C(CC(=O)NC3C4CC5CC(C4)CC3C5)C2)cc1. The number of ether oxygens (including phenoxy) is 1. The fraction of sp³-hybridized carbons (Fsp3) is 0.485. The predicted octanol–water partition coefficient (Wildman–Crippen LogP) is 4.15. The monoisotopic (exact) mass is 620 g/mol. The van der Waals surface area contributed by atoms with Crippen molar-refractivity contribution in [1.29, 1.82) is 0 Å². The van der Waals surface area contributed by atoms with Gasteiger partial charge in [-0.05, 0) is 91.7 Å². The molecule has 11 heteroatoms. The van der Waals surface area contributed by atoms with Crippen molar-refractivity contribution in [2.24, 2.45) is 23.7 Å². The second kappa shape index (κ2) is 12.7. The first-order valence-electron chi connectivity index (χ1n) is 15.5. The highest BCUT2D eigenvalue weighted by Crippen LogP contribution is 2.53. The Bertz CT molecular complexity index is 1470. The molecule has 5 fully saturated rings. The van der Waals surface area contributed by atoms with Crippen LogP contribution in [0.2, 0.25) is 0 Å². The molecule has 234 valence electrons. The van der Waals surface area contributed by atoms with Gasteiger partial charge in [0.25, 0.3) is 0 Å². The zero-order valence-corrected chi connectivity index (χ0v) is 25.6. The van der Waals surface area contributed by atoms with Crippen LogP contribution < -0.4 is 10.6 Å². The highest BCUT2D eigenvalue weighted by atomic mass is 32.2. The second-order valence-corrected chi connectivity index (χ2v) is 14.6. The van der Waals surface area contributed by atoms with Gasteiger partial charge in [-0.15, -0.1) is 0 Å². The van der Waals surface area contributed by atoms with Crippen LogP contribution >= 0.6 is 0 Å². The molecule has 3 amide bonds. The van der Waals surface area contributed by atoms with E-state index in [0.717, 1.165) is 23.5 Å². The van der Waals surface area contributed by atoms with Crippen molar-refractivity contribution in [1.82, 2.24) is 14.5 Å². The van der Waals surface area contributed by atoms with Crippen LogP contribution in [0, 0.1) is 23.7 Å². The lowest BCUT2D eigenvalue weighted by molar-refractivity contribution is -0.126. The number of nitrogens with one attached hydrogen (secondary N) is 2. The summed E-state index contributed by atoms with van der Waals surface area (Å²) in [7, 11) is -3.94. The molecule has 1 atom stereocenters. The molecule has 0 aromatic heterocycles. The van der Waals surface area contributed by atoms with Crippen molar-refractivity contribution in [2.45, 2.75) is 62.1 Å². The van der Waals surface area contributed by atoms with Gasteiger partial charge in [0, 0.05) is 37.8 Å². The molecule has 1 unspecified atom stereocenters. The molecule has 1 heterocycles. The van der Waals surface area contributed by atoms with Crippen LogP contribution in [0.15, 0.2) is 72.1 Å².